The molecular formula is C17H33NO. The van der Waals surface area contributed by atoms with Crippen LogP contribution >= 0.6 is 0 Å². The lowest BCUT2D eigenvalue weighted by molar-refractivity contribution is -0.118. The van der Waals surface area contributed by atoms with E-state index in [4.69, 9.17) is 0 Å². The van der Waals surface area contributed by atoms with Crippen LogP contribution in [0.1, 0.15) is 77.6 Å². The van der Waals surface area contributed by atoms with Crippen molar-refractivity contribution in [1.82, 2.24) is 5.32 Å². The fraction of sp³-hybridized carbons (Fsp3) is 0.824. The summed E-state index contributed by atoms with van der Waals surface area (Å²) in [5, 5.41) is 3.05. The van der Waals surface area contributed by atoms with E-state index < -0.39 is 0 Å². The fourth-order valence-electron chi connectivity index (χ4n) is 2.21. The van der Waals surface area contributed by atoms with Gasteiger partial charge in [0.1, 0.15) is 5.78 Å². The van der Waals surface area contributed by atoms with E-state index >= 15 is 0 Å². The third-order valence-corrected chi connectivity index (χ3v) is 3.42. The van der Waals surface area contributed by atoms with Gasteiger partial charge in [0.2, 0.25) is 0 Å². The summed E-state index contributed by atoms with van der Waals surface area (Å²) in [6, 6.07) is 0. The molecule has 0 saturated heterocycles. The van der Waals surface area contributed by atoms with E-state index in [0.717, 1.165) is 19.4 Å². The first-order chi connectivity index (χ1) is 9.31. The molecule has 0 amide bonds. The molecule has 0 spiro atoms. The molecule has 0 aromatic heterocycles. The number of unbranched alkanes of at least 4 members (excludes halogenated alkanes) is 9. The first-order valence-corrected chi connectivity index (χ1v) is 8.14. The van der Waals surface area contributed by atoms with Crippen LogP contribution in [0.25, 0.3) is 0 Å². The highest BCUT2D eigenvalue weighted by Crippen LogP contribution is 2.11. The topological polar surface area (TPSA) is 29.1 Å². The number of rotatable bonds is 15. The second-order valence-electron chi connectivity index (χ2n) is 5.39. The summed E-state index contributed by atoms with van der Waals surface area (Å²) in [4.78, 5) is 11.5. The maximum atomic E-state index is 11.5. The van der Waals surface area contributed by atoms with Gasteiger partial charge in [0.05, 0.1) is 6.54 Å². The lowest BCUT2D eigenvalue weighted by Gasteiger charge is -2.03. The van der Waals surface area contributed by atoms with Crippen LogP contribution in [0.5, 0.6) is 0 Å². The smallest absolute Gasteiger partial charge is 0.146 e. The minimum absolute atomic E-state index is 0.335. The van der Waals surface area contributed by atoms with Gasteiger partial charge in [-0.25, -0.2) is 0 Å². The number of ketones is 1. The quantitative estimate of drug-likeness (QED) is 0.346. The molecule has 0 unspecified atom stereocenters. The van der Waals surface area contributed by atoms with Crippen molar-refractivity contribution in [2.45, 2.75) is 77.6 Å². The fourth-order valence-corrected chi connectivity index (χ4v) is 2.21. The summed E-state index contributed by atoms with van der Waals surface area (Å²) in [6.07, 6.45) is 15.7. The third-order valence-electron chi connectivity index (χ3n) is 3.42. The van der Waals surface area contributed by atoms with E-state index in [2.05, 4.69) is 18.8 Å². The standard InChI is InChI=1S/C17H33NO/c1-3-5-6-7-8-9-10-11-12-13-14-17(19)16-18-15-4-2/h4,18H,2-3,5-16H2,1H3. The van der Waals surface area contributed by atoms with Crippen molar-refractivity contribution in [3.63, 3.8) is 0 Å². The molecule has 112 valence electrons. The molecule has 0 aromatic rings. The molecule has 0 aliphatic heterocycles. The van der Waals surface area contributed by atoms with Crippen molar-refractivity contribution in [3.8, 4) is 0 Å². The summed E-state index contributed by atoms with van der Waals surface area (Å²) in [6.45, 7) is 7.10. The highest BCUT2D eigenvalue weighted by molar-refractivity contribution is 5.80. The molecule has 0 heterocycles. The molecule has 0 aliphatic rings. The number of carbonyl (C=O) groups is 1. The van der Waals surface area contributed by atoms with Gasteiger partial charge in [-0.1, -0.05) is 70.8 Å². The van der Waals surface area contributed by atoms with Crippen molar-refractivity contribution >= 4 is 5.78 Å². The molecular weight excluding hydrogens is 234 g/mol. The predicted molar refractivity (Wildman–Crippen MR) is 84.5 cm³/mol. The van der Waals surface area contributed by atoms with Crippen LogP contribution in [0.3, 0.4) is 0 Å². The molecule has 0 atom stereocenters. The van der Waals surface area contributed by atoms with E-state index in [-0.39, 0.29) is 0 Å². The normalized spacial score (nSPS) is 10.6. The van der Waals surface area contributed by atoms with Crippen LogP contribution in [-0.2, 0) is 4.79 Å². The molecule has 0 fully saturated rings. The Bertz CT molecular complexity index is 213. The number of nitrogens with one attached hydrogen (secondary N) is 1. The van der Waals surface area contributed by atoms with Crippen molar-refractivity contribution in [2.24, 2.45) is 0 Å². The van der Waals surface area contributed by atoms with Gasteiger partial charge in [0.25, 0.3) is 0 Å². The Morgan fingerprint density at radius 1 is 0.947 bits per heavy atom. The summed E-state index contributed by atoms with van der Waals surface area (Å²) in [7, 11) is 0. The number of Topliss-reactive ketones (excluding diaryl/α,β-unsaturated/α-hetero) is 1. The van der Waals surface area contributed by atoms with Gasteiger partial charge in [0, 0.05) is 13.0 Å². The number of hydrogen-bond acceptors (Lipinski definition) is 2. The second kappa shape index (κ2) is 15.4. The maximum absolute atomic E-state index is 11.5. The minimum atomic E-state index is 0.335. The molecule has 0 aliphatic carbocycles. The summed E-state index contributed by atoms with van der Waals surface area (Å²) in [5.41, 5.74) is 0. The van der Waals surface area contributed by atoms with Gasteiger partial charge < -0.3 is 5.32 Å². The monoisotopic (exact) mass is 267 g/mol. The van der Waals surface area contributed by atoms with Gasteiger partial charge in [0.15, 0.2) is 0 Å². The van der Waals surface area contributed by atoms with Crippen LogP contribution in [-0.4, -0.2) is 18.9 Å². The average Bonchev–Trinajstić information content (AvgIpc) is 2.41. The molecule has 1 N–H and O–H groups in total. The van der Waals surface area contributed by atoms with Gasteiger partial charge in [-0.2, -0.15) is 0 Å². The van der Waals surface area contributed by atoms with Crippen molar-refractivity contribution in [2.75, 3.05) is 13.1 Å². The summed E-state index contributed by atoms with van der Waals surface area (Å²) in [5.74, 6) is 0.335. The van der Waals surface area contributed by atoms with Gasteiger partial charge in [-0.3, -0.25) is 4.79 Å². The molecule has 0 rings (SSSR count). The molecule has 0 radical (unpaired) electrons. The van der Waals surface area contributed by atoms with Crippen LogP contribution < -0.4 is 5.32 Å². The Kier molecular flexibility index (Phi) is 14.9. The van der Waals surface area contributed by atoms with E-state index in [9.17, 15) is 4.79 Å². The Morgan fingerprint density at radius 2 is 1.47 bits per heavy atom. The zero-order valence-corrected chi connectivity index (χ0v) is 12.9. The molecule has 19 heavy (non-hydrogen) atoms. The molecule has 0 saturated carbocycles. The van der Waals surface area contributed by atoms with E-state index in [0.29, 0.717) is 12.3 Å². The van der Waals surface area contributed by atoms with Crippen molar-refractivity contribution in [1.29, 1.82) is 0 Å². The lowest BCUT2D eigenvalue weighted by Crippen LogP contribution is -2.22. The molecule has 2 nitrogen and oxygen atoms in total. The molecule has 0 aromatic carbocycles. The third kappa shape index (κ3) is 15.3. The largest absolute Gasteiger partial charge is 0.307 e. The van der Waals surface area contributed by atoms with Gasteiger partial charge in [-0.05, 0) is 6.42 Å². The molecule has 2 heteroatoms. The number of carbonyl (C=O) groups excluding carboxylic acids is 1. The van der Waals surface area contributed by atoms with E-state index in [1.807, 2.05) is 0 Å². The van der Waals surface area contributed by atoms with Crippen LogP contribution in [0.4, 0.5) is 0 Å². The first kappa shape index (κ1) is 18.4. The van der Waals surface area contributed by atoms with E-state index in [1.54, 1.807) is 6.08 Å². The highest BCUT2D eigenvalue weighted by Gasteiger charge is 2.00. The van der Waals surface area contributed by atoms with Gasteiger partial charge in [-0.15, -0.1) is 6.58 Å². The van der Waals surface area contributed by atoms with Crippen molar-refractivity contribution in [3.05, 3.63) is 12.7 Å². The summed E-state index contributed by atoms with van der Waals surface area (Å²) >= 11 is 0. The SMILES string of the molecule is C=CCNCC(=O)CCCCCCCCCCCC. The molecule has 0 bridgehead atoms. The average molecular weight is 267 g/mol. The zero-order valence-electron chi connectivity index (χ0n) is 12.9. The Balaban J connectivity index is 3.09. The maximum Gasteiger partial charge on any atom is 0.146 e. The van der Waals surface area contributed by atoms with Crippen LogP contribution in [0.2, 0.25) is 0 Å². The Hall–Kier alpha value is -0.630. The van der Waals surface area contributed by atoms with E-state index in [1.165, 1.54) is 57.8 Å². The predicted octanol–water partition coefficient (Wildman–Crippen LogP) is 4.64. The van der Waals surface area contributed by atoms with Crippen LogP contribution in [0.15, 0.2) is 12.7 Å². The summed E-state index contributed by atoms with van der Waals surface area (Å²) < 4.78 is 0. The minimum Gasteiger partial charge on any atom is -0.307 e. The Labute approximate surface area is 120 Å². The van der Waals surface area contributed by atoms with Crippen molar-refractivity contribution < 1.29 is 4.79 Å². The first-order valence-electron chi connectivity index (χ1n) is 8.14. The van der Waals surface area contributed by atoms with Crippen LogP contribution in [0, 0.1) is 0 Å². The highest BCUT2D eigenvalue weighted by atomic mass is 16.1. The lowest BCUT2D eigenvalue weighted by atomic mass is 10.1. The second-order valence-corrected chi connectivity index (χ2v) is 5.39. The van der Waals surface area contributed by atoms with Gasteiger partial charge >= 0.3 is 0 Å². The zero-order chi connectivity index (χ0) is 14.2. The Morgan fingerprint density at radius 3 is 2.00 bits per heavy atom. The number of hydrogen-bond donors (Lipinski definition) is 1.